The summed E-state index contributed by atoms with van der Waals surface area (Å²) < 4.78 is 39.6. The number of likely N-dealkylation sites (tertiary alicyclic amines) is 1. The summed E-state index contributed by atoms with van der Waals surface area (Å²) in [5.41, 5.74) is 5.60. The molecular weight excluding hydrogens is 285 g/mol. The zero-order chi connectivity index (χ0) is 15.4. The predicted octanol–water partition coefficient (Wildman–Crippen LogP) is 2.04. The van der Waals surface area contributed by atoms with E-state index in [2.05, 4.69) is 4.98 Å². The minimum atomic E-state index is -4.43. The average molecular weight is 298 g/mol. The molecule has 0 aliphatic carbocycles. The number of nitrogens with zero attached hydrogens (tertiary/aromatic N) is 3. The average Bonchev–Trinajstić information content (AvgIpc) is 2.88. The Bertz CT molecular complexity index is 722. The molecule has 0 spiro atoms. The molecule has 2 aromatic rings. The van der Waals surface area contributed by atoms with Gasteiger partial charge in [0.2, 0.25) is 11.9 Å². The highest BCUT2D eigenvalue weighted by Gasteiger charge is 2.34. The number of alkyl halides is 3. The third kappa shape index (κ3) is 2.10. The lowest BCUT2D eigenvalue weighted by Gasteiger charge is -2.14. The Kier molecular flexibility index (Phi) is 2.86. The highest BCUT2D eigenvalue weighted by atomic mass is 19.4. The first-order chi connectivity index (χ1) is 9.79. The van der Waals surface area contributed by atoms with Crippen molar-refractivity contribution in [2.75, 3.05) is 19.3 Å². The molecule has 5 nitrogen and oxygen atoms in total. The molecule has 1 aliphatic heterocycles. The molecule has 1 fully saturated rings. The van der Waals surface area contributed by atoms with Gasteiger partial charge in [-0.1, -0.05) is 0 Å². The van der Waals surface area contributed by atoms with Crippen LogP contribution in [0.1, 0.15) is 18.0 Å². The fraction of sp³-hybridized carbons (Fsp3) is 0.385. The van der Waals surface area contributed by atoms with E-state index in [1.807, 2.05) is 0 Å². The number of carbonyl (C=O) groups is 1. The summed E-state index contributed by atoms with van der Waals surface area (Å²) in [7, 11) is 1.68. The molecule has 0 saturated carbocycles. The number of hydrogen-bond acceptors (Lipinski definition) is 3. The lowest BCUT2D eigenvalue weighted by Crippen LogP contribution is -2.25. The SMILES string of the molecule is CN1CCC(n2c(N)nc3cc(C(F)(F)F)ccc32)C1=O. The Morgan fingerprint density at radius 1 is 1.38 bits per heavy atom. The summed E-state index contributed by atoms with van der Waals surface area (Å²) in [5.74, 6) is -0.0566. The molecule has 0 radical (unpaired) electrons. The first-order valence-corrected chi connectivity index (χ1v) is 6.38. The fourth-order valence-corrected chi connectivity index (χ4v) is 2.66. The van der Waals surface area contributed by atoms with Crippen molar-refractivity contribution in [2.24, 2.45) is 0 Å². The highest BCUT2D eigenvalue weighted by Crippen LogP contribution is 2.34. The molecule has 2 heterocycles. The second-order valence-corrected chi connectivity index (χ2v) is 5.11. The number of aromatic nitrogens is 2. The van der Waals surface area contributed by atoms with Gasteiger partial charge in [0, 0.05) is 13.6 Å². The predicted molar refractivity (Wildman–Crippen MR) is 70.4 cm³/mol. The van der Waals surface area contributed by atoms with Crippen LogP contribution in [-0.4, -0.2) is 34.0 Å². The Labute approximate surface area is 118 Å². The summed E-state index contributed by atoms with van der Waals surface area (Å²) in [6, 6.07) is 2.73. The monoisotopic (exact) mass is 298 g/mol. The van der Waals surface area contributed by atoms with Crippen LogP contribution in [0.15, 0.2) is 18.2 Å². The Balaban J connectivity index is 2.13. The maximum Gasteiger partial charge on any atom is 0.416 e. The van der Waals surface area contributed by atoms with Crippen LogP contribution in [0.4, 0.5) is 19.1 Å². The van der Waals surface area contributed by atoms with Crippen molar-refractivity contribution in [1.29, 1.82) is 0 Å². The Morgan fingerprint density at radius 2 is 2.10 bits per heavy atom. The van der Waals surface area contributed by atoms with E-state index in [0.29, 0.717) is 18.5 Å². The summed E-state index contributed by atoms with van der Waals surface area (Å²) in [4.78, 5) is 17.6. The number of nitrogens with two attached hydrogens (primary N) is 1. The molecule has 3 rings (SSSR count). The summed E-state index contributed by atoms with van der Waals surface area (Å²) in [5, 5.41) is 0. The number of hydrogen-bond donors (Lipinski definition) is 1. The van der Waals surface area contributed by atoms with Crippen molar-refractivity contribution in [1.82, 2.24) is 14.5 Å². The molecule has 1 atom stereocenters. The van der Waals surface area contributed by atoms with Gasteiger partial charge in [-0.25, -0.2) is 4.98 Å². The smallest absolute Gasteiger partial charge is 0.369 e. The number of fused-ring (bicyclic) bond motifs is 1. The number of carbonyl (C=O) groups excluding carboxylic acids is 1. The lowest BCUT2D eigenvalue weighted by molar-refractivity contribution is -0.137. The quantitative estimate of drug-likeness (QED) is 0.876. The third-order valence-corrected chi connectivity index (χ3v) is 3.76. The first kappa shape index (κ1) is 13.7. The fourth-order valence-electron chi connectivity index (χ4n) is 2.66. The van der Waals surface area contributed by atoms with Crippen LogP contribution in [0.25, 0.3) is 11.0 Å². The number of anilines is 1. The number of benzene rings is 1. The zero-order valence-electron chi connectivity index (χ0n) is 11.2. The van der Waals surface area contributed by atoms with Gasteiger partial charge >= 0.3 is 6.18 Å². The van der Waals surface area contributed by atoms with Gasteiger partial charge in [0.05, 0.1) is 16.6 Å². The molecule has 1 aromatic carbocycles. The van der Waals surface area contributed by atoms with Crippen LogP contribution < -0.4 is 5.73 Å². The number of halogens is 3. The molecule has 1 amide bonds. The van der Waals surface area contributed by atoms with Gasteiger partial charge in [-0.3, -0.25) is 9.36 Å². The molecular formula is C13H13F3N4O. The maximum atomic E-state index is 12.7. The normalized spacial score (nSPS) is 19.7. The molecule has 1 unspecified atom stereocenters. The number of likely N-dealkylation sites (N-methyl/N-ethyl adjacent to an activating group) is 1. The van der Waals surface area contributed by atoms with Gasteiger partial charge in [-0.15, -0.1) is 0 Å². The molecule has 1 saturated heterocycles. The van der Waals surface area contributed by atoms with E-state index in [4.69, 9.17) is 5.73 Å². The topological polar surface area (TPSA) is 64.2 Å². The molecule has 1 aromatic heterocycles. The lowest BCUT2D eigenvalue weighted by atomic mass is 10.1. The highest BCUT2D eigenvalue weighted by molar-refractivity contribution is 5.87. The van der Waals surface area contributed by atoms with Crippen LogP contribution in [0.5, 0.6) is 0 Å². The van der Waals surface area contributed by atoms with Crippen LogP contribution >= 0.6 is 0 Å². The van der Waals surface area contributed by atoms with Crippen LogP contribution in [-0.2, 0) is 11.0 Å². The van der Waals surface area contributed by atoms with E-state index >= 15 is 0 Å². The van der Waals surface area contributed by atoms with Crippen molar-refractivity contribution in [2.45, 2.75) is 18.6 Å². The molecule has 112 valence electrons. The van der Waals surface area contributed by atoms with E-state index in [0.717, 1.165) is 12.1 Å². The van der Waals surface area contributed by atoms with E-state index < -0.39 is 17.8 Å². The number of imidazole rings is 1. The molecule has 21 heavy (non-hydrogen) atoms. The van der Waals surface area contributed by atoms with Crippen molar-refractivity contribution < 1.29 is 18.0 Å². The van der Waals surface area contributed by atoms with Gasteiger partial charge < -0.3 is 10.6 Å². The minimum absolute atomic E-state index is 0.0537. The number of nitrogen functional groups attached to an aromatic ring is 1. The summed E-state index contributed by atoms with van der Waals surface area (Å²) >= 11 is 0. The minimum Gasteiger partial charge on any atom is -0.369 e. The van der Waals surface area contributed by atoms with E-state index in [9.17, 15) is 18.0 Å². The van der Waals surface area contributed by atoms with E-state index in [1.54, 1.807) is 11.9 Å². The molecule has 8 heteroatoms. The second-order valence-electron chi connectivity index (χ2n) is 5.11. The van der Waals surface area contributed by atoms with Crippen molar-refractivity contribution in [3.63, 3.8) is 0 Å². The maximum absolute atomic E-state index is 12.7. The summed E-state index contributed by atoms with van der Waals surface area (Å²) in [6.07, 6.45) is -3.87. The van der Waals surface area contributed by atoms with Crippen molar-refractivity contribution in [3.8, 4) is 0 Å². The van der Waals surface area contributed by atoms with E-state index in [-0.39, 0.29) is 17.4 Å². The number of amides is 1. The first-order valence-electron chi connectivity index (χ1n) is 6.38. The van der Waals surface area contributed by atoms with Crippen molar-refractivity contribution >= 4 is 22.9 Å². The van der Waals surface area contributed by atoms with Crippen LogP contribution in [0, 0.1) is 0 Å². The van der Waals surface area contributed by atoms with Crippen molar-refractivity contribution in [3.05, 3.63) is 23.8 Å². The molecule has 2 N–H and O–H groups in total. The largest absolute Gasteiger partial charge is 0.416 e. The third-order valence-electron chi connectivity index (χ3n) is 3.76. The standard InChI is InChI=1S/C13H13F3N4O/c1-19-5-4-10(11(19)21)20-9-3-2-7(13(14,15)16)6-8(9)18-12(20)17/h2-3,6,10H,4-5H2,1H3,(H2,17,18). The number of rotatable bonds is 1. The molecule has 0 bridgehead atoms. The van der Waals surface area contributed by atoms with Crippen LogP contribution in [0.2, 0.25) is 0 Å². The Morgan fingerprint density at radius 3 is 2.67 bits per heavy atom. The molecule has 1 aliphatic rings. The second kappa shape index (κ2) is 4.37. The van der Waals surface area contributed by atoms with Gasteiger partial charge in [0.1, 0.15) is 6.04 Å². The summed E-state index contributed by atoms with van der Waals surface area (Å²) in [6.45, 7) is 0.587. The van der Waals surface area contributed by atoms with Crippen LogP contribution in [0.3, 0.4) is 0 Å². The van der Waals surface area contributed by atoms with Gasteiger partial charge in [0.25, 0.3) is 0 Å². The van der Waals surface area contributed by atoms with Gasteiger partial charge in [-0.2, -0.15) is 13.2 Å². The van der Waals surface area contributed by atoms with E-state index in [1.165, 1.54) is 10.6 Å². The van der Waals surface area contributed by atoms with Gasteiger partial charge in [0.15, 0.2) is 0 Å². The van der Waals surface area contributed by atoms with Gasteiger partial charge in [-0.05, 0) is 24.6 Å². The Hall–Kier alpha value is -2.25. The zero-order valence-corrected chi connectivity index (χ0v) is 11.2.